The summed E-state index contributed by atoms with van der Waals surface area (Å²) in [6.07, 6.45) is 5.39. The number of carbonyl (C=O) groups excluding carboxylic acids is 1. The lowest BCUT2D eigenvalue weighted by molar-refractivity contribution is 0.000631. The van der Waals surface area contributed by atoms with Gasteiger partial charge in [0.2, 0.25) is 0 Å². The van der Waals surface area contributed by atoms with E-state index in [1.165, 1.54) is 38.6 Å². The van der Waals surface area contributed by atoms with Crippen molar-refractivity contribution in [2.75, 3.05) is 19.6 Å². The van der Waals surface area contributed by atoms with E-state index in [0.29, 0.717) is 11.8 Å². The van der Waals surface area contributed by atoms with Crippen LogP contribution in [0.3, 0.4) is 0 Å². The molecule has 1 aromatic heterocycles. The summed E-state index contributed by atoms with van der Waals surface area (Å²) >= 11 is 0. The third kappa shape index (κ3) is 2.54. The highest BCUT2D eigenvalue weighted by atomic mass is 16.3. The zero-order chi connectivity index (χ0) is 13.2. The Hall–Kier alpha value is -1.29. The van der Waals surface area contributed by atoms with E-state index in [0.717, 1.165) is 18.4 Å². The van der Waals surface area contributed by atoms with E-state index in [9.17, 15) is 4.79 Å². The van der Waals surface area contributed by atoms with Crippen LogP contribution in [-0.2, 0) is 0 Å². The lowest BCUT2D eigenvalue weighted by atomic mass is 9.74. The molecule has 3 aliphatic rings. The molecule has 0 aliphatic carbocycles. The van der Waals surface area contributed by atoms with E-state index in [1.807, 2.05) is 0 Å². The molecule has 1 aromatic rings. The van der Waals surface area contributed by atoms with Crippen LogP contribution in [0.4, 0.5) is 0 Å². The van der Waals surface area contributed by atoms with Gasteiger partial charge in [-0.2, -0.15) is 0 Å². The molecule has 4 nitrogen and oxygen atoms in total. The molecule has 0 saturated carbocycles. The van der Waals surface area contributed by atoms with Crippen LogP contribution < -0.4 is 5.32 Å². The average Bonchev–Trinajstić information content (AvgIpc) is 2.99. The number of hydrogen-bond acceptors (Lipinski definition) is 3. The Kier molecular flexibility index (Phi) is 3.60. The first-order valence-electron chi connectivity index (χ1n) is 7.33. The predicted octanol–water partition coefficient (Wildman–Crippen LogP) is 2.13. The van der Waals surface area contributed by atoms with Gasteiger partial charge in [-0.05, 0) is 43.4 Å². The Morgan fingerprint density at radius 2 is 2.47 bits per heavy atom. The Morgan fingerprint density at radius 1 is 1.58 bits per heavy atom. The van der Waals surface area contributed by atoms with Crippen molar-refractivity contribution in [1.29, 1.82) is 0 Å². The maximum atomic E-state index is 11.9. The topological polar surface area (TPSA) is 45.5 Å². The molecule has 4 atom stereocenters. The van der Waals surface area contributed by atoms with Crippen LogP contribution in [0.2, 0.25) is 0 Å². The third-order valence-electron chi connectivity index (χ3n) is 4.78. The van der Waals surface area contributed by atoms with Crippen LogP contribution in [0.1, 0.15) is 36.7 Å². The molecule has 1 N–H and O–H groups in total. The van der Waals surface area contributed by atoms with E-state index >= 15 is 0 Å². The Labute approximate surface area is 114 Å². The summed E-state index contributed by atoms with van der Waals surface area (Å²) in [7, 11) is 0. The Morgan fingerprint density at radius 3 is 3.11 bits per heavy atom. The van der Waals surface area contributed by atoms with Gasteiger partial charge >= 0.3 is 0 Å². The van der Waals surface area contributed by atoms with Crippen LogP contribution in [-0.4, -0.2) is 36.5 Å². The predicted molar refractivity (Wildman–Crippen MR) is 72.9 cm³/mol. The molecule has 3 aliphatic heterocycles. The maximum Gasteiger partial charge on any atom is 0.287 e. The van der Waals surface area contributed by atoms with Gasteiger partial charge in [0.25, 0.3) is 5.91 Å². The van der Waals surface area contributed by atoms with Gasteiger partial charge in [-0.1, -0.05) is 13.3 Å². The largest absolute Gasteiger partial charge is 0.459 e. The summed E-state index contributed by atoms with van der Waals surface area (Å²) < 4.78 is 5.11. The first-order chi connectivity index (χ1) is 9.28. The fourth-order valence-corrected chi connectivity index (χ4v) is 3.63. The first-order valence-corrected chi connectivity index (χ1v) is 7.33. The SMILES string of the molecule is CC[C@H]1CN2CC[C@H]1C[C@@H]2CNC(=O)c1ccco1. The molecule has 0 aromatic carbocycles. The van der Waals surface area contributed by atoms with Crippen molar-refractivity contribution >= 4 is 5.91 Å². The standard InChI is InChI=1S/C15H22N2O2/c1-2-11-10-17-6-5-12(11)8-13(17)9-16-15(18)14-4-3-7-19-14/h3-4,7,11-13H,2,5-6,8-10H2,1H3,(H,16,18)/t11-,12-,13+/m0/s1. The third-order valence-corrected chi connectivity index (χ3v) is 4.78. The van der Waals surface area contributed by atoms with Gasteiger partial charge in [-0.15, -0.1) is 0 Å². The van der Waals surface area contributed by atoms with E-state index in [2.05, 4.69) is 17.1 Å². The van der Waals surface area contributed by atoms with Gasteiger partial charge in [-0.25, -0.2) is 0 Å². The molecule has 3 saturated heterocycles. The summed E-state index contributed by atoms with van der Waals surface area (Å²) in [5, 5.41) is 3.00. The maximum absolute atomic E-state index is 11.9. The van der Waals surface area contributed by atoms with Crippen molar-refractivity contribution in [3.05, 3.63) is 24.2 Å². The molecule has 2 bridgehead atoms. The van der Waals surface area contributed by atoms with Gasteiger partial charge < -0.3 is 9.73 Å². The van der Waals surface area contributed by atoms with Gasteiger partial charge in [0.05, 0.1) is 6.26 Å². The van der Waals surface area contributed by atoms with Gasteiger partial charge in [0.15, 0.2) is 5.76 Å². The minimum absolute atomic E-state index is 0.0975. The van der Waals surface area contributed by atoms with Gasteiger partial charge in [0.1, 0.15) is 0 Å². The highest BCUT2D eigenvalue weighted by Crippen LogP contribution is 2.37. The second kappa shape index (κ2) is 5.37. The quantitative estimate of drug-likeness (QED) is 0.904. The summed E-state index contributed by atoms with van der Waals surface area (Å²) in [6.45, 7) is 5.44. The lowest BCUT2D eigenvalue weighted by Gasteiger charge is -2.49. The minimum Gasteiger partial charge on any atom is -0.459 e. The molecule has 4 rings (SSSR count). The number of hydrogen-bond donors (Lipinski definition) is 1. The van der Waals surface area contributed by atoms with Gasteiger partial charge in [-0.3, -0.25) is 9.69 Å². The number of fused-ring (bicyclic) bond motifs is 3. The number of furan rings is 1. The molecule has 19 heavy (non-hydrogen) atoms. The van der Waals surface area contributed by atoms with Crippen LogP contribution in [0, 0.1) is 11.8 Å². The molecule has 104 valence electrons. The average molecular weight is 262 g/mol. The number of piperidine rings is 3. The van der Waals surface area contributed by atoms with Crippen LogP contribution in [0.15, 0.2) is 22.8 Å². The van der Waals surface area contributed by atoms with Crippen molar-refractivity contribution in [2.45, 2.75) is 32.2 Å². The molecular formula is C15H22N2O2. The van der Waals surface area contributed by atoms with Crippen molar-refractivity contribution in [2.24, 2.45) is 11.8 Å². The molecule has 4 heterocycles. The van der Waals surface area contributed by atoms with Crippen LogP contribution in [0.25, 0.3) is 0 Å². The lowest BCUT2D eigenvalue weighted by Crippen LogP contribution is -2.56. The Bertz CT molecular complexity index is 429. The van der Waals surface area contributed by atoms with Crippen molar-refractivity contribution < 1.29 is 9.21 Å². The smallest absolute Gasteiger partial charge is 0.287 e. The number of carbonyl (C=O) groups is 1. The summed E-state index contributed by atoms with van der Waals surface area (Å²) in [5.74, 6) is 2.04. The van der Waals surface area contributed by atoms with Crippen molar-refractivity contribution in [3.8, 4) is 0 Å². The fourth-order valence-electron chi connectivity index (χ4n) is 3.63. The first kappa shape index (κ1) is 12.7. The molecule has 3 fully saturated rings. The second-order valence-corrected chi connectivity index (χ2v) is 5.79. The minimum atomic E-state index is -0.0975. The van der Waals surface area contributed by atoms with E-state index < -0.39 is 0 Å². The number of amides is 1. The highest BCUT2D eigenvalue weighted by molar-refractivity contribution is 5.91. The summed E-state index contributed by atoms with van der Waals surface area (Å²) in [6, 6.07) is 3.96. The molecule has 1 amide bonds. The molecule has 1 unspecified atom stereocenters. The van der Waals surface area contributed by atoms with Crippen molar-refractivity contribution in [1.82, 2.24) is 10.2 Å². The monoisotopic (exact) mass is 262 g/mol. The van der Waals surface area contributed by atoms with E-state index in [1.54, 1.807) is 12.1 Å². The normalized spacial score (nSPS) is 33.3. The number of nitrogens with zero attached hydrogens (tertiary/aromatic N) is 1. The summed E-state index contributed by atoms with van der Waals surface area (Å²) in [4.78, 5) is 14.4. The van der Waals surface area contributed by atoms with Crippen LogP contribution >= 0.6 is 0 Å². The zero-order valence-corrected chi connectivity index (χ0v) is 11.5. The fraction of sp³-hybridized carbons (Fsp3) is 0.667. The molecule has 0 radical (unpaired) electrons. The molecule has 4 heteroatoms. The van der Waals surface area contributed by atoms with Crippen LogP contribution in [0.5, 0.6) is 0 Å². The Balaban J connectivity index is 1.53. The summed E-state index contributed by atoms with van der Waals surface area (Å²) in [5.41, 5.74) is 0. The molecule has 0 spiro atoms. The second-order valence-electron chi connectivity index (χ2n) is 5.79. The number of nitrogens with one attached hydrogen (secondary N) is 1. The molecular weight excluding hydrogens is 240 g/mol. The van der Waals surface area contributed by atoms with E-state index in [4.69, 9.17) is 4.42 Å². The highest BCUT2D eigenvalue weighted by Gasteiger charge is 2.39. The van der Waals surface area contributed by atoms with Crippen molar-refractivity contribution in [3.63, 3.8) is 0 Å². The van der Waals surface area contributed by atoms with E-state index in [-0.39, 0.29) is 5.91 Å². The zero-order valence-electron chi connectivity index (χ0n) is 11.5. The van der Waals surface area contributed by atoms with Gasteiger partial charge in [0, 0.05) is 19.1 Å². The number of rotatable bonds is 4.